The number of halogens is 1. The van der Waals surface area contributed by atoms with Crippen LogP contribution in [0.25, 0.3) is 0 Å². The molecular weight excluding hydrogens is 294 g/mol. The van der Waals surface area contributed by atoms with Crippen molar-refractivity contribution in [3.63, 3.8) is 0 Å². The topological polar surface area (TPSA) is 12.0 Å². The number of hydrogen-bond acceptors (Lipinski definition) is 2. The molecule has 90 valence electrons. The summed E-state index contributed by atoms with van der Waals surface area (Å²) < 4.78 is 1.18. The van der Waals surface area contributed by atoms with E-state index >= 15 is 0 Å². The van der Waals surface area contributed by atoms with Crippen LogP contribution < -0.4 is 5.32 Å². The largest absolute Gasteiger partial charge is 0.312 e. The van der Waals surface area contributed by atoms with E-state index in [9.17, 15) is 0 Å². The molecule has 17 heavy (non-hydrogen) atoms. The zero-order chi connectivity index (χ0) is 12.1. The Morgan fingerprint density at radius 1 is 1.29 bits per heavy atom. The van der Waals surface area contributed by atoms with Crippen molar-refractivity contribution in [1.29, 1.82) is 0 Å². The van der Waals surface area contributed by atoms with Crippen LogP contribution in [0.2, 0.25) is 0 Å². The Morgan fingerprint density at radius 3 is 2.88 bits per heavy atom. The van der Waals surface area contributed by atoms with Crippen LogP contribution in [0.1, 0.15) is 16.0 Å². The van der Waals surface area contributed by atoms with Crippen LogP contribution in [0.3, 0.4) is 0 Å². The van der Waals surface area contributed by atoms with Crippen molar-refractivity contribution in [3.05, 3.63) is 56.2 Å². The van der Waals surface area contributed by atoms with Gasteiger partial charge in [0.15, 0.2) is 0 Å². The third-order valence-corrected chi connectivity index (χ3v) is 4.29. The monoisotopic (exact) mass is 309 g/mol. The first-order chi connectivity index (χ1) is 8.24. The fourth-order valence-electron chi connectivity index (χ4n) is 1.76. The Balaban J connectivity index is 1.73. The molecule has 0 atom stereocenters. The lowest BCUT2D eigenvalue weighted by Crippen LogP contribution is -2.15. The van der Waals surface area contributed by atoms with Crippen molar-refractivity contribution in [3.8, 4) is 0 Å². The SMILES string of the molecule is Cc1cccc(CCNCc2cc(Br)cs2)c1. The molecule has 0 aliphatic carbocycles. The molecule has 0 saturated heterocycles. The molecule has 2 aromatic rings. The Labute approximate surface area is 115 Å². The molecule has 0 aliphatic rings. The third-order valence-electron chi connectivity index (χ3n) is 2.59. The lowest BCUT2D eigenvalue weighted by molar-refractivity contribution is 0.693. The van der Waals surface area contributed by atoms with E-state index in [1.54, 1.807) is 11.3 Å². The molecule has 0 fully saturated rings. The molecule has 0 spiro atoms. The van der Waals surface area contributed by atoms with Gasteiger partial charge in [0.1, 0.15) is 0 Å². The quantitative estimate of drug-likeness (QED) is 0.818. The van der Waals surface area contributed by atoms with Crippen molar-refractivity contribution in [2.75, 3.05) is 6.54 Å². The van der Waals surface area contributed by atoms with Gasteiger partial charge in [-0.05, 0) is 47.4 Å². The summed E-state index contributed by atoms with van der Waals surface area (Å²) in [4.78, 5) is 1.38. The number of thiophene rings is 1. The van der Waals surface area contributed by atoms with E-state index in [-0.39, 0.29) is 0 Å². The van der Waals surface area contributed by atoms with Crippen LogP contribution in [0.4, 0.5) is 0 Å². The molecule has 1 aromatic carbocycles. The maximum absolute atomic E-state index is 3.47. The minimum Gasteiger partial charge on any atom is -0.312 e. The molecule has 0 saturated carbocycles. The van der Waals surface area contributed by atoms with Crippen LogP contribution in [-0.4, -0.2) is 6.54 Å². The number of nitrogens with one attached hydrogen (secondary N) is 1. The van der Waals surface area contributed by atoms with E-state index in [2.05, 4.69) is 63.9 Å². The van der Waals surface area contributed by atoms with Gasteiger partial charge < -0.3 is 5.32 Å². The van der Waals surface area contributed by atoms with Gasteiger partial charge in [-0.15, -0.1) is 11.3 Å². The highest BCUT2D eigenvalue weighted by Gasteiger charge is 1.97. The van der Waals surface area contributed by atoms with Crippen LogP contribution in [0.15, 0.2) is 40.2 Å². The lowest BCUT2D eigenvalue weighted by atomic mass is 10.1. The third kappa shape index (κ3) is 4.26. The fraction of sp³-hybridized carbons (Fsp3) is 0.286. The van der Waals surface area contributed by atoms with Gasteiger partial charge in [0.25, 0.3) is 0 Å². The number of hydrogen-bond donors (Lipinski definition) is 1. The summed E-state index contributed by atoms with van der Waals surface area (Å²) in [6, 6.07) is 10.9. The summed E-state index contributed by atoms with van der Waals surface area (Å²) in [7, 11) is 0. The summed E-state index contributed by atoms with van der Waals surface area (Å²) in [5.41, 5.74) is 2.74. The van der Waals surface area contributed by atoms with E-state index in [0.717, 1.165) is 19.5 Å². The normalized spacial score (nSPS) is 10.7. The zero-order valence-electron chi connectivity index (χ0n) is 9.87. The highest BCUT2D eigenvalue weighted by Crippen LogP contribution is 2.19. The van der Waals surface area contributed by atoms with Gasteiger partial charge in [-0.1, -0.05) is 29.8 Å². The predicted molar refractivity (Wildman–Crippen MR) is 78.6 cm³/mol. The molecule has 1 nitrogen and oxygen atoms in total. The summed E-state index contributed by atoms with van der Waals surface area (Å²) in [5.74, 6) is 0. The zero-order valence-corrected chi connectivity index (χ0v) is 12.3. The molecule has 1 heterocycles. The number of rotatable bonds is 5. The second kappa shape index (κ2) is 6.34. The van der Waals surface area contributed by atoms with Crippen molar-refractivity contribution in [1.82, 2.24) is 5.32 Å². The van der Waals surface area contributed by atoms with E-state index in [1.807, 2.05) is 0 Å². The Bertz CT molecular complexity index is 479. The standard InChI is InChI=1S/C14H16BrNS/c1-11-3-2-4-12(7-11)5-6-16-9-14-8-13(15)10-17-14/h2-4,7-8,10,16H,5-6,9H2,1H3. The van der Waals surface area contributed by atoms with Gasteiger partial charge in [0.2, 0.25) is 0 Å². The van der Waals surface area contributed by atoms with Gasteiger partial charge in [-0.2, -0.15) is 0 Å². The molecule has 0 unspecified atom stereocenters. The van der Waals surface area contributed by atoms with Crippen LogP contribution >= 0.6 is 27.3 Å². The van der Waals surface area contributed by atoms with Crippen LogP contribution in [0, 0.1) is 6.92 Å². The highest BCUT2D eigenvalue weighted by atomic mass is 79.9. The predicted octanol–water partition coefficient (Wildman–Crippen LogP) is 4.15. The van der Waals surface area contributed by atoms with Gasteiger partial charge in [0, 0.05) is 21.3 Å². The molecule has 0 amide bonds. The summed E-state index contributed by atoms with van der Waals surface area (Å²) >= 11 is 5.26. The lowest BCUT2D eigenvalue weighted by Gasteiger charge is -2.04. The second-order valence-corrected chi connectivity index (χ2v) is 6.06. The molecular formula is C14H16BrNS. The Kier molecular flexibility index (Phi) is 4.77. The molecule has 2 rings (SSSR count). The minimum atomic E-state index is 0.960. The molecule has 3 heteroatoms. The van der Waals surface area contributed by atoms with Crippen LogP contribution in [0.5, 0.6) is 0 Å². The molecule has 1 N–H and O–H groups in total. The molecule has 1 aromatic heterocycles. The second-order valence-electron chi connectivity index (χ2n) is 4.15. The van der Waals surface area contributed by atoms with Crippen LogP contribution in [-0.2, 0) is 13.0 Å². The van der Waals surface area contributed by atoms with E-state index in [1.165, 1.54) is 20.5 Å². The molecule has 0 aliphatic heterocycles. The van der Waals surface area contributed by atoms with Crippen molar-refractivity contribution in [2.24, 2.45) is 0 Å². The molecule has 0 radical (unpaired) electrons. The Hall–Kier alpha value is -0.640. The minimum absolute atomic E-state index is 0.960. The first kappa shape index (κ1) is 12.8. The van der Waals surface area contributed by atoms with Gasteiger partial charge in [-0.25, -0.2) is 0 Å². The summed E-state index contributed by atoms with van der Waals surface area (Å²) in [6.07, 6.45) is 1.09. The van der Waals surface area contributed by atoms with E-state index < -0.39 is 0 Å². The van der Waals surface area contributed by atoms with E-state index in [0.29, 0.717) is 0 Å². The van der Waals surface area contributed by atoms with Crippen molar-refractivity contribution < 1.29 is 0 Å². The first-order valence-electron chi connectivity index (χ1n) is 5.73. The van der Waals surface area contributed by atoms with Crippen molar-refractivity contribution in [2.45, 2.75) is 19.9 Å². The summed E-state index contributed by atoms with van der Waals surface area (Å²) in [6.45, 7) is 4.13. The average molecular weight is 310 g/mol. The number of aryl methyl sites for hydroxylation is 1. The first-order valence-corrected chi connectivity index (χ1v) is 7.40. The highest BCUT2D eigenvalue weighted by molar-refractivity contribution is 9.10. The summed E-state index contributed by atoms with van der Waals surface area (Å²) in [5, 5.41) is 5.60. The van der Waals surface area contributed by atoms with Crippen molar-refractivity contribution >= 4 is 27.3 Å². The Morgan fingerprint density at radius 2 is 2.18 bits per heavy atom. The smallest absolute Gasteiger partial charge is 0.0300 e. The maximum Gasteiger partial charge on any atom is 0.0300 e. The molecule has 0 bridgehead atoms. The van der Waals surface area contributed by atoms with E-state index in [4.69, 9.17) is 0 Å². The number of benzene rings is 1. The van der Waals surface area contributed by atoms with Gasteiger partial charge >= 0.3 is 0 Å². The fourth-order valence-corrected chi connectivity index (χ4v) is 3.18. The van der Waals surface area contributed by atoms with Gasteiger partial charge in [-0.3, -0.25) is 0 Å². The van der Waals surface area contributed by atoms with Gasteiger partial charge in [0.05, 0.1) is 0 Å². The average Bonchev–Trinajstić information content (AvgIpc) is 2.71. The maximum atomic E-state index is 3.47.